The van der Waals surface area contributed by atoms with Gasteiger partial charge in [-0.05, 0) is 45.4 Å². The molecule has 186 valence electrons. The maximum Gasteiger partial charge on any atom is 0.408 e. The van der Waals surface area contributed by atoms with Crippen molar-refractivity contribution in [2.45, 2.75) is 63.3 Å². The summed E-state index contributed by atoms with van der Waals surface area (Å²) < 4.78 is 26.6. The van der Waals surface area contributed by atoms with Crippen LogP contribution in [0.2, 0.25) is 0 Å². The molecule has 0 fully saturated rings. The van der Waals surface area contributed by atoms with Gasteiger partial charge in [0, 0.05) is 18.1 Å². The van der Waals surface area contributed by atoms with Crippen molar-refractivity contribution in [3.8, 4) is 17.2 Å². The summed E-state index contributed by atoms with van der Waals surface area (Å²) in [4.78, 5) is 23.7. The number of ether oxygens (including phenoxy) is 5. The summed E-state index contributed by atoms with van der Waals surface area (Å²) in [5.74, 6) is 2.28. The number of fused-ring (bicyclic) bond motifs is 1. The molecule has 2 N–H and O–H groups in total. The summed E-state index contributed by atoms with van der Waals surface area (Å²) in [5, 5.41) is 12.6. The lowest BCUT2D eigenvalue weighted by atomic mass is 10.0. The second kappa shape index (κ2) is 12.8. The average molecular weight is 486 g/mol. The van der Waals surface area contributed by atoms with Gasteiger partial charge in [-0.1, -0.05) is 6.42 Å². The van der Waals surface area contributed by atoms with Gasteiger partial charge in [0.2, 0.25) is 6.79 Å². The van der Waals surface area contributed by atoms with Gasteiger partial charge < -0.3 is 34.1 Å². The molecule has 0 aromatic heterocycles. The lowest BCUT2D eigenvalue weighted by Gasteiger charge is -2.29. The van der Waals surface area contributed by atoms with Crippen molar-refractivity contribution < 1.29 is 38.4 Å². The minimum Gasteiger partial charge on any atom is -0.496 e. The molecule has 1 heterocycles. The van der Waals surface area contributed by atoms with Gasteiger partial charge in [0.15, 0.2) is 11.5 Å². The summed E-state index contributed by atoms with van der Waals surface area (Å²) in [6.07, 6.45) is 2.24. The molecule has 0 spiro atoms. The van der Waals surface area contributed by atoms with Gasteiger partial charge in [0.1, 0.15) is 11.4 Å². The largest absolute Gasteiger partial charge is 0.496 e. The molecule has 33 heavy (non-hydrogen) atoms. The highest BCUT2D eigenvalue weighted by molar-refractivity contribution is 7.99. The average Bonchev–Trinajstić information content (AvgIpc) is 3.22. The van der Waals surface area contributed by atoms with E-state index < -0.39 is 17.7 Å². The minimum absolute atomic E-state index is 0.125. The summed E-state index contributed by atoms with van der Waals surface area (Å²) in [6, 6.07) is 2.95. The van der Waals surface area contributed by atoms with Gasteiger partial charge in [-0.2, -0.15) is 11.8 Å². The number of unbranched alkanes of at least 4 members (excludes halogenated alkanes) is 2. The number of benzene rings is 1. The number of amides is 1. The molecule has 0 radical (unpaired) electrons. The van der Waals surface area contributed by atoms with E-state index in [1.807, 2.05) is 6.07 Å². The first kappa shape index (κ1) is 26.9. The summed E-state index contributed by atoms with van der Waals surface area (Å²) in [6.45, 7) is 5.17. The fourth-order valence-corrected chi connectivity index (χ4v) is 4.67. The van der Waals surface area contributed by atoms with Crippen LogP contribution in [0, 0.1) is 0 Å². The van der Waals surface area contributed by atoms with Crippen molar-refractivity contribution in [1.82, 2.24) is 5.32 Å². The number of nitrogens with one attached hydrogen (secondary N) is 1. The number of methoxy groups -OCH3 is 2. The van der Waals surface area contributed by atoms with E-state index in [0.29, 0.717) is 23.7 Å². The van der Waals surface area contributed by atoms with Crippen molar-refractivity contribution >= 4 is 23.8 Å². The van der Waals surface area contributed by atoms with Crippen LogP contribution in [0.4, 0.5) is 4.79 Å². The number of carbonyl (C=O) groups excluding carboxylic acids is 2. The summed E-state index contributed by atoms with van der Waals surface area (Å²) in [5.41, 5.74) is 0.111. The first-order valence-corrected chi connectivity index (χ1v) is 12.0. The monoisotopic (exact) mass is 485 g/mol. The zero-order valence-electron chi connectivity index (χ0n) is 20.0. The van der Waals surface area contributed by atoms with Crippen LogP contribution < -0.4 is 19.5 Å². The SMILES string of the molecule is COC(=O)CCCCCS[C@H](c1cc2c(cc1OC)OCO2)[C@@H](CO)NC(=O)OC(C)(C)C. The van der Waals surface area contributed by atoms with Crippen molar-refractivity contribution in [3.05, 3.63) is 17.7 Å². The van der Waals surface area contributed by atoms with Gasteiger partial charge in [-0.3, -0.25) is 4.79 Å². The van der Waals surface area contributed by atoms with Crippen LogP contribution in [0.15, 0.2) is 12.1 Å². The molecule has 0 unspecified atom stereocenters. The summed E-state index contributed by atoms with van der Waals surface area (Å²) in [7, 11) is 2.94. The smallest absolute Gasteiger partial charge is 0.408 e. The third-order valence-electron chi connectivity index (χ3n) is 4.85. The van der Waals surface area contributed by atoms with Crippen molar-refractivity contribution in [3.63, 3.8) is 0 Å². The quantitative estimate of drug-likeness (QED) is 0.337. The first-order chi connectivity index (χ1) is 15.7. The maximum atomic E-state index is 12.4. The van der Waals surface area contributed by atoms with E-state index in [0.717, 1.165) is 30.6 Å². The highest BCUT2D eigenvalue weighted by Gasteiger charge is 2.31. The van der Waals surface area contributed by atoms with E-state index in [1.54, 1.807) is 45.7 Å². The first-order valence-electron chi connectivity index (χ1n) is 10.9. The predicted octanol–water partition coefficient (Wildman–Crippen LogP) is 3.82. The van der Waals surface area contributed by atoms with Crippen molar-refractivity contribution in [2.75, 3.05) is 33.4 Å². The van der Waals surface area contributed by atoms with E-state index in [9.17, 15) is 14.7 Å². The van der Waals surface area contributed by atoms with Gasteiger partial charge in [-0.15, -0.1) is 0 Å². The van der Waals surface area contributed by atoms with E-state index in [4.69, 9.17) is 18.9 Å². The van der Waals surface area contributed by atoms with Gasteiger partial charge in [0.25, 0.3) is 0 Å². The molecule has 0 bridgehead atoms. The molecule has 10 heteroatoms. The Hall–Kier alpha value is -2.33. The highest BCUT2D eigenvalue weighted by Crippen LogP contribution is 2.45. The number of hydrogen-bond acceptors (Lipinski definition) is 9. The number of alkyl carbamates (subject to hydrolysis) is 1. The number of hydrogen-bond donors (Lipinski definition) is 2. The number of rotatable bonds is 12. The van der Waals surface area contributed by atoms with Crippen LogP contribution >= 0.6 is 11.8 Å². The second-order valence-corrected chi connectivity index (χ2v) is 9.81. The Morgan fingerprint density at radius 3 is 2.45 bits per heavy atom. The zero-order valence-corrected chi connectivity index (χ0v) is 20.8. The Bertz CT molecular complexity index is 795. The third kappa shape index (κ3) is 8.51. The fraction of sp³-hybridized carbons (Fsp3) is 0.652. The van der Waals surface area contributed by atoms with Crippen LogP contribution in [-0.4, -0.2) is 62.2 Å². The maximum absolute atomic E-state index is 12.4. The molecule has 2 atom stereocenters. The van der Waals surface area contributed by atoms with Crippen LogP contribution in [0.3, 0.4) is 0 Å². The lowest BCUT2D eigenvalue weighted by Crippen LogP contribution is -2.43. The van der Waals surface area contributed by atoms with Gasteiger partial charge >= 0.3 is 12.1 Å². The standard InChI is InChI=1S/C23H35NO8S/c1-23(2,3)32-22(27)24-16(13-25)21(33-10-8-6-7-9-20(26)29-5)15-11-18-19(31-14-30-18)12-17(15)28-4/h11-12,16,21,25H,6-10,13-14H2,1-5H3,(H,24,27)/t16-,21-/m1/s1. The molecule has 1 amide bonds. The van der Waals surface area contributed by atoms with Gasteiger partial charge in [-0.25, -0.2) is 4.79 Å². The van der Waals surface area contributed by atoms with Crippen LogP contribution in [0.25, 0.3) is 0 Å². The fourth-order valence-electron chi connectivity index (χ4n) is 3.30. The lowest BCUT2D eigenvalue weighted by molar-refractivity contribution is -0.140. The van der Waals surface area contributed by atoms with E-state index >= 15 is 0 Å². The topological polar surface area (TPSA) is 113 Å². The highest BCUT2D eigenvalue weighted by atomic mass is 32.2. The number of aliphatic hydroxyl groups is 1. The molecular formula is C23H35NO8S. The Kier molecular flexibility index (Phi) is 10.4. The van der Waals surface area contributed by atoms with E-state index in [2.05, 4.69) is 10.1 Å². The van der Waals surface area contributed by atoms with Crippen LogP contribution in [0.1, 0.15) is 57.3 Å². The van der Waals surface area contributed by atoms with Crippen LogP contribution in [0.5, 0.6) is 17.2 Å². The number of carbonyl (C=O) groups is 2. The van der Waals surface area contributed by atoms with Crippen molar-refractivity contribution in [2.24, 2.45) is 0 Å². The molecule has 1 aromatic carbocycles. The number of esters is 1. The summed E-state index contributed by atoms with van der Waals surface area (Å²) >= 11 is 1.58. The molecule has 0 aliphatic carbocycles. The molecule has 0 saturated heterocycles. The number of aliphatic hydroxyl groups excluding tert-OH is 1. The van der Waals surface area contributed by atoms with Crippen molar-refractivity contribution in [1.29, 1.82) is 0 Å². The molecular weight excluding hydrogens is 450 g/mol. The van der Waals surface area contributed by atoms with Crippen LogP contribution in [-0.2, 0) is 14.3 Å². The van der Waals surface area contributed by atoms with Gasteiger partial charge in [0.05, 0.1) is 32.1 Å². The molecule has 1 aliphatic heterocycles. The molecule has 9 nitrogen and oxygen atoms in total. The Labute approximate surface area is 199 Å². The van der Waals surface area contributed by atoms with E-state index in [-0.39, 0.29) is 24.6 Å². The predicted molar refractivity (Wildman–Crippen MR) is 125 cm³/mol. The molecule has 2 rings (SSSR count). The van der Waals surface area contributed by atoms with E-state index in [1.165, 1.54) is 7.11 Å². The third-order valence-corrected chi connectivity index (χ3v) is 6.31. The Morgan fingerprint density at radius 2 is 1.85 bits per heavy atom. The minimum atomic E-state index is -0.664. The number of thioether (sulfide) groups is 1. The molecule has 1 aliphatic rings. The Morgan fingerprint density at radius 1 is 1.15 bits per heavy atom. The molecule has 1 aromatic rings. The normalized spacial score (nSPS) is 14.4. The Balaban J connectivity index is 2.17. The second-order valence-electron chi connectivity index (χ2n) is 8.56. The zero-order chi connectivity index (χ0) is 24.4. The molecule has 0 saturated carbocycles.